The smallest absolute Gasteiger partial charge is 0.0527 e. The van der Waals surface area contributed by atoms with Crippen LogP contribution < -0.4 is 0 Å². The second kappa shape index (κ2) is 6.86. The molecule has 0 saturated heterocycles. The highest BCUT2D eigenvalue weighted by Crippen LogP contribution is 2.76. The van der Waals surface area contributed by atoms with Crippen molar-refractivity contribution in [2.45, 2.75) is 113 Å². The van der Waals surface area contributed by atoms with E-state index in [2.05, 4.69) is 54.5 Å². The molecule has 0 amide bonds. The van der Waals surface area contributed by atoms with Crippen molar-refractivity contribution < 1.29 is 5.11 Å². The van der Waals surface area contributed by atoms with Gasteiger partial charge in [-0.15, -0.1) is 0 Å². The predicted octanol–water partition coefficient (Wildman–Crippen LogP) is 8.03. The van der Waals surface area contributed by atoms with E-state index in [1.807, 2.05) is 0 Å². The monoisotopic (exact) mass is 426 g/mol. The number of fused-ring (bicyclic) bond motifs is 7. The van der Waals surface area contributed by atoms with E-state index in [1.165, 1.54) is 64.2 Å². The van der Waals surface area contributed by atoms with Crippen LogP contribution in [0.15, 0.2) is 11.6 Å². The molecular formula is C30H50O. The minimum Gasteiger partial charge on any atom is -0.395 e. The van der Waals surface area contributed by atoms with Crippen molar-refractivity contribution >= 4 is 0 Å². The summed E-state index contributed by atoms with van der Waals surface area (Å²) in [5, 5.41) is 10.9. The van der Waals surface area contributed by atoms with E-state index < -0.39 is 0 Å². The van der Waals surface area contributed by atoms with E-state index in [-0.39, 0.29) is 5.41 Å². The summed E-state index contributed by atoms with van der Waals surface area (Å²) in [5.41, 5.74) is 3.53. The molecule has 1 N–H and O–H groups in total. The lowest BCUT2D eigenvalue weighted by molar-refractivity contribution is -0.161. The number of hydrogen-bond acceptors (Lipinski definition) is 1. The van der Waals surface area contributed by atoms with Crippen LogP contribution in [0.5, 0.6) is 0 Å². The lowest BCUT2D eigenvalue weighted by Gasteiger charge is -2.69. The van der Waals surface area contributed by atoms with Gasteiger partial charge >= 0.3 is 0 Å². The molecule has 0 aromatic rings. The van der Waals surface area contributed by atoms with Crippen LogP contribution in [0.3, 0.4) is 0 Å². The van der Waals surface area contributed by atoms with E-state index in [9.17, 15) is 5.11 Å². The summed E-state index contributed by atoms with van der Waals surface area (Å²) in [6.45, 7) is 18.4. The van der Waals surface area contributed by atoms with Gasteiger partial charge in [0, 0.05) is 5.41 Å². The molecule has 0 spiro atoms. The minimum absolute atomic E-state index is 0.0753. The molecule has 5 aliphatic rings. The predicted molar refractivity (Wildman–Crippen MR) is 131 cm³/mol. The van der Waals surface area contributed by atoms with Crippen molar-refractivity contribution in [3.8, 4) is 0 Å². The summed E-state index contributed by atoms with van der Waals surface area (Å²) in [4.78, 5) is 0. The third-order valence-corrected chi connectivity index (χ3v) is 13.0. The first-order chi connectivity index (χ1) is 14.5. The molecular weight excluding hydrogens is 376 g/mol. The van der Waals surface area contributed by atoms with Gasteiger partial charge in [0.1, 0.15) is 0 Å². The standard InChI is InChI=1S/C30H50O/c1-20(2)21-9-12-25-27(21,5)17-18-28(6)22-10-11-24-26(3,4)14-8-15-30(24,19-31)23(22)13-16-29(25,28)7/h13,20-22,24-25,31H,8-12,14-19H2,1-7H3/t21-,22+,24+,25-,27-,28-,29+,30+/m1/s1. The largest absolute Gasteiger partial charge is 0.395 e. The summed E-state index contributed by atoms with van der Waals surface area (Å²) in [6.07, 6.45) is 16.3. The Balaban J connectivity index is 1.58. The number of aliphatic hydroxyl groups excluding tert-OH is 1. The Bertz CT molecular complexity index is 762. The Hall–Kier alpha value is -0.300. The maximum absolute atomic E-state index is 10.9. The number of hydrogen-bond donors (Lipinski definition) is 1. The van der Waals surface area contributed by atoms with Crippen molar-refractivity contribution in [3.63, 3.8) is 0 Å². The van der Waals surface area contributed by atoms with E-state index in [0.29, 0.717) is 40.1 Å². The van der Waals surface area contributed by atoms with Gasteiger partial charge in [-0.05, 0) is 109 Å². The van der Waals surface area contributed by atoms with Gasteiger partial charge in [-0.25, -0.2) is 0 Å². The highest BCUT2D eigenvalue weighted by Gasteiger charge is 2.68. The van der Waals surface area contributed by atoms with Crippen LogP contribution in [0.25, 0.3) is 0 Å². The van der Waals surface area contributed by atoms with Crippen LogP contribution in [0.2, 0.25) is 0 Å². The molecule has 4 fully saturated rings. The molecule has 0 heterocycles. The summed E-state index contributed by atoms with van der Waals surface area (Å²) in [7, 11) is 0. The molecule has 0 aromatic heterocycles. The van der Waals surface area contributed by atoms with Gasteiger partial charge in [0.2, 0.25) is 0 Å². The Morgan fingerprint density at radius 2 is 1.58 bits per heavy atom. The van der Waals surface area contributed by atoms with Crippen molar-refractivity contribution in [1.29, 1.82) is 0 Å². The fraction of sp³-hybridized carbons (Fsp3) is 0.933. The SMILES string of the molecule is CC(C)[C@H]1CC[C@@H]2[C@]1(C)CC[C@]1(C)[C@H]3CC[C@H]4C(C)(C)CCC[C@]4(CO)C3=CC[C@@]21C. The molecule has 0 aromatic carbocycles. The van der Waals surface area contributed by atoms with Crippen LogP contribution in [-0.4, -0.2) is 11.7 Å². The van der Waals surface area contributed by atoms with Gasteiger partial charge in [-0.3, -0.25) is 0 Å². The van der Waals surface area contributed by atoms with Crippen molar-refractivity contribution in [1.82, 2.24) is 0 Å². The topological polar surface area (TPSA) is 20.2 Å². The average molecular weight is 427 g/mol. The van der Waals surface area contributed by atoms with Crippen molar-refractivity contribution in [2.24, 2.45) is 56.7 Å². The first-order valence-corrected chi connectivity index (χ1v) is 13.8. The Morgan fingerprint density at radius 1 is 0.871 bits per heavy atom. The van der Waals surface area contributed by atoms with Gasteiger partial charge < -0.3 is 5.11 Å². The molecule has 0 radical (unpaired) electrons. The van der Waals surface area contributed by atoms with Gasteiger partial charge in [-0.2, -0.15) is 0 Å². The second-order valence-corrected chi connectivity index (χ2v) is 14.5. The summed E-state index contributed by atoms with van der Waals surface area (Å²) >= 11 is 0. The Morgan fingerprint density at radius 3 is 2.26 bits per heavy atom. The van der Waals surface area contributed by atoms with E-state index in [1.54, 1.807) is 5.57 Å². The van der Waals surface area contributed by atoms with Crippen LogP contribution in [0.1, 0.15) is 113 Å². The minimum atomic E-state index is 0.0753. The maximum atomic E-state index is 10.9. The van der Waals surface area contributed by atoms with Gasteiger partial charge in [0.25, 0.3) is 0 Å². The molecule has 5 rings (SSSR count). The highest BCUT2D eigenvalue weighted by molar-refractivity contribution is 5.33. The van der Waals surface area contributed by atoms with Gasteiger partial charge in [-0.1, -0.05) is 66.5 Å². The quantitative estimate of drug-likeness (QED) is 0.443. The molecule has 0 unspecified atom stereocenters. The molecule has 0 bridgehead atoms. The summed E-state index contributed by atoms with van der Waals surface area (Å²) < 4.78 is 0. The lowest BCUT2D eigenvalue weighted by Crippen LogP contribution is -2.62. The molecule has 5 aliphatic carbocycles. The third kappa shape index (κ3) is 2.65. The molecule has 0 aliphatic heterocycles. The van der Waals surface area contributed by atoms with E-state index >= 15 is 0 Å². The third-order valence-electron chi connectivity index (χ3n) is 13.0. The molecule has 4 saturated carbocycles. The zero-order valence-corrected chi connectivity index (χ0v) is 21.7. The normalized spacial score (nSPS) is 53.3. The molecule has 1 nitrogen and oxygen atoms in total. The molecule has 8 atom stereocenters. The first-order valence-electron chi connectivity index (χ1n) is 13.8. The van der Waals surface area contributed by atoms with E-state index in [0.717, 1.165) is 17.8 Å². The Labute approximate surface area is 192 Å². The van der Waals surface area contributed by atoms with Crippen LogP contribution in [-0.2, 0) is 0 Å². The second-order valence-electron chi connectivity index (χ2n) is 14.5. The summed E-state index contributed by atoms with van der Waals surface area (Å²) in [5.74, 6) is 3.96. The molecule has 31 heavy (non-hydrogen) atoms. The van der Waals surface area contributed by atoms with Crippen LogP contribution in [0.4, 0.5) is 0 Å². The van der Waals surface area contributed by atoms with Gasteiger partial charge in [0.05, 0.1) is 6.61 Å². The summed E-state index contributed by atoms with van der Waals surface area (Å²) in [6, 6.07) is 0. The fourth-order valence-electron chi connectivity index (χ4n) is 11.3. The zero-order chi connectivity index (χ0) is 22.4. The highest BCUT2D eigenvalue weighted by atomic mass is 16.3. The van der Waals surface area contributed by atoms with Crippen LogP contribution in [0, 0.1) is 56.7 Å². The first kappa shape index (κ1) is 22.5. The number of rotatable bonds is 2. The maximum Gasteiger partial charge on any atom is 0.0527 e. The van der Waals surface area contributed by atoms with E-state index in [4.69, 9.17) is 0 Å². The molecule has 1 heteroatoms. The van der Waals surface area contributed by atoms with Crippen LogP contribution >= 0.6 is 0 Å². The lowest BCUT2D eigenvalue weighted by atomic mass is 9.35. The number of aliphatic hydroxyl groups is 1. The zero-order valence-electron chi connectivity index (χ0n) is 21.7. The van der Waals surface area contributed by atoms with Gasteiger partial charge in [0.15, 0.2) is 0 Å². The fourth-order valence-corrected chi connectivity index (χ4v) is 11.3. The van der Waals surface area contributed by atoms with Crippen molar-refractivity contribution in [3.05, 3.63) is 11.6 Å². The Kier molecular flexibility index (Phi) is 4.98. The number of allylic oxidation sites excluding steroid dienone is 1. The molecule has 176 valence electrons. The average Bonchev–Trinajstić information content (AvgIpc) is 3.07. The van der Waals surface area contributed by atoms with Crippen molar-refractivity contribution in [2.75, 3.05) is 6.61 Å².